The van der Waals surface area contributed by atoms with Crippen molar-refractivity contribution in [1.82, 2.24) is 4.90 Å². The van der Waals surface area contributed by atoms with Crippen LogP contribution in [0, 0.1) is 23.7 Å². The third-order valence-corrected chi connectivity index (χ3v) is 12.1. The van der Waals surface area contributed by atoms with Gasteiger partial charge in [0.2, 0.25) is 0 Å². The molecule has 0 bridgehead atoms. The van der Waals surface area contributed by atoms with Crippen molar-refractivity contribution < 1.29 is 68.0 Å². The summed E-state index contributed by atoms with van der Waals surface area (Å²) in [7, 11) is 5.19. The molecule has 18 atom stereocenters. The van der Waals surface area contributed by atoms with Crippen LogP contribution < -0.4 is 0 Å². The van der Waals surface area contributed by atoms with Crippen molar-refractivity contribution in [3.8, 4) is 0 Å². The van der Waals surface area contributed by atoms with Crippen molar-refractivity contribution >= 4 is 17.7 Å². The maximum absolute atomic E-state index is 14.2. The molecule has 54 heavy (non-hydrogen) atoms. The van der Waals surface area contributed by atoms with E-state index < -0.39 is 114 Å². The van der Waals surface area contributed by atoms with E-state index in [1.807, 2.05) is 25.9 Å². The average molecular weight is 776 g/mol. The van der Waals surface area contributed by atoms with Crippen LogP contribution in [-0.4, -0.2) is 149 Å². The monoisotopic (exact) mass is 775 g/mol. The molecule has 0 radical (unpaired) electrons. The Balaban J connectivity index is 2.23. The van der Waals surface area contributed by atoms with Gasteiger partial charge in [0.05, 0.1) is 53.7 Å². The molecule has 3 aliphatic heterocycles. The van der Waals surface area contributed by atoms with Crippen LogP contribution in [-0.2, 0) is 47.5 Å². The fourth-order valence-electron chi connectivity index (χ4n) is 8.71. The summed E-state index contributed by atoms with van der Waals surface area (Å²) < 4.78 is 43.3. The predicted molar refractivity (Wildman–Crippen MR) is 196 cm³/mol. The summed E-state index contributed by atoms with van der Waals surface area (Å²) in [5.74, 6) is -5.68. The highest BCUT2D eigenvalue weighted by atomic mass is 16.7. The fourth-order valence-corrected chi connectivity index (χ4v) is 8.71. The first-order valence-corrected chi connectivity index (χ1v) is 19.4. The van der Waals surface area contributed by atoms with E-state index in [-0.39, 0.29) is 31.4 Å². The third-order valence-electron chi connectivity index (χ3n) is 12.1. The van der Waals surface area contributed by atoms with Crippen LogP contribution in [0.1, 0.15) is 102 Å². The number of carbonyl (C=O) groups is 3. The normalized spacial score (nSPS) is 47.5. The topological polar surface area (TPSA) is 200 Å². The highest BCUT2D eigenvalue weighted by molar-refractivity contribution is 5.83. The number of Topliss-reactive ketones (excluding diaryl/α,β-unsaturated/α-hetero) is 1. The van der Waals surface area contributed by atoms with Gasteiger partial charge in [0.1, 0.15) is 23.6 Å². The Labute approximate surface area is 321 Å². The summed E-state index contributed by atoms with van der Waals surface area (Å²) in [6.45, 7) is 17.6. The van der Waals surface area contributed by atoms with Crippen LogP contribution in [0.5, 0.6) is 0 Å². The molecular formula is C39H69NO14. The number of ether oxygens (including phenoxy) is 7. The number of cyclic esters (lactones) is 1. The Morgan fingerprint density at radius 3 is 2.06 bits per heavy atom. The standard InChI is InChI=1S/C39H69NO14/c1-15-27-39(11,47)32(43)21(4)29(42)19(2)17-37(9,46)34(54-36-31(51-25(8)41)26(40(12)13)16-20(3)49-36)22(5)30(23(6)35(45)52-27)53-28-18-38(10,48-14)33(44)24(7)50-28/h19-24,26-28,30-34,36,43-44,46-47H,15-18H2,1-14H3. The second kappa shape index (κ2) is 18.2. The van der Waals surface area contributed by atoms with Crippen LogP contribution in [0.3, 0.4) is 0 Å². The van der Waals surface area contributed by atoms with Crippen LogP contribution in [0.15, 0.2) is 0 Å². The van der Waals surface area contributed by atoms with Gasteiger partial charge in [-0.15, -0.1) is 0 Å². The minimum atomic E-state index is -2.01. The lowest BCUT2D eigenvalue weighted by atomic mass is 9.74. The Morgan fingerprint density at radius 1 is 0.907 bits per heavy atom. The number of rotatable bonds is 8. The smallest absolute Gasteiger partial charge is 0.311 e. The number of aliphatic hydroxyl groups excluding tert-OH is 2. The van der Waals surface area contributed by atoms with Crippen LogP contribution in [0.4, 0.5) is 0 Å². The van der Waals surface area contributed by atoms with E-state index in [1.165, 1.54) is 34.8 Å². The number of aliphatic hydroxyl groups is 4. The minimum Gasteiger partial charge on any atom is -0.459 e. The number of likely N-dealkylation sites (N-methyl/N-ethyl adjacent to an activating group) is 1. The van der Waals surface area contributed by atoms with Crippen molar-refractivity contribution in [2.24, 2.45) is 23.7 Å². The summed E-state index contributed by atoms with van der Waals surface area (Å²) in [6, 6.07) is -0.320. The Morgan fingerprint density at radius 2 is 1.52 bits per heavy atom. The van der Waals surface area contributed by atoms with E-state index in [0.717, 1.165) is 0 Å². The summed E-state index contributed by atoms with van der Waals surface area (Å²) in [4.78, 5) is 42.4. The SMILES string of the molecule is CCC1OC(=O)C(C)C(OC2CC(C)(OC)C(O)C(C)O2)C(C)C(OC2OC(C)CC(N(C)C)C2OC(C)=O)C(C)(O)CC(C)C(=O)C(C)C(O)C1(C)O. The Kier molecular flexibility index (Phi) is 15.7. The molecular weight excluding hydrogens is 706 g/mol. The third kappa shape index (κ3) is 10.2. The molecule has 3 fully saturated rings. The van der Waals surface area contributed by atoms with E-state index in [2.05, 4.69) is 0 Å². The summed E-state index contributed by atoms with van der Waals surface area (Å²) in [6.07, 6.45) is -9.80. The van der Waals surface area contributed by atoms with Crippen LogP contribution >= 0.6 is 0 Å². The highest BCUT2D eigenvalue weighted by Crippen LogP contribution is 2.41. The van der Waals surface area contributed by atoms with Gasteiger partial charge < -0.3 is 58.5 Å². The van der Waals surface area contributed by atoms with Crippen molar-refractivity contribution in [2.45, 2.75) is 186 Å². The first kappa shape index (κ1) is 46.6. The number of hydrogen-bond acceptors (Lipinski definition) is 15. The molecule has 314 valence electrons. The molecule has 0 aromatic heterocycles. The zero-order valence-corrected chi connectivity index (χ0v) is 34.8. The van der Waals surface area contributed by atoms with Crippen molar-refractivity contribution in [2.75, 3.05) is 21.2 Å². The van der Waals surface area contributed by atoms with E-state index >= 15 is 0 Å². The quantitative estimate of drug-likeness (QED) is 0.262. The van der Waals surface area contributed by atoms with Gasteiger partial charge in [-0.3, -0.25) is 14.4 Å². The van der Waals surface area contributed by atoms with E-state index in [0.29, 0.717) is 6.42 Å². The lowest BCUT2D eigenvalue weighted by molar-refractivity contribution is -0.318. The van der Waals surface area contributed by atoms with E-state index in [1.54, 1.807) is 41.5 Å². The molecule has 15 nitrogen and oxygen atoms in total. The van der Waals surface area contributed by atoms with Gasteiger partial charge in [-0.25, -0.2) is 0 Å². The lowest BCUT2D eigenvalue weighted by Crippen LogP contribution is -2.61. The zero-order valence-electron chi connectivity index (χ0n) is 34.8. The average Bonchev–Trinajstić information content (AvgIpc) is 3.08. The van der Waals surface area contributed by atoms with Gasteiger partial charge in [0, 0.05) is 38.2 Å². The Hall–Kier alpha value is -1.79. The molecule has 3 rings (SSSR count). The molecule has 0 aromatic carbocycles. The molecule has 4 N–H and O–H groups in total. The molecule has 18 unspecified atom stereocenters. The molecule has 0 spiro atoms. The fraction of sp³-hybridized carbons (Fsp3) is 0.923. The summed E-state index contributed by atoms with van der Waals surface area (Å²) >= 11 is 0. The summed E-state index contributed by atoms with van der Waals surface area (Å²) in [5.41, 5.74) is -4.92. The zero-order chi connectivity index (χ0) is 41.2. The molecule has 0 saturated carbocycles. The molecule has 0 amide bonds. The van der Waals surface area contributed by atoms with Crippen molar-refractivity contribution in [3.05, 3.63) is 0 Å². The maximum Gasteiger partial charge on any atom is 0.311 e. The number of nitrogens with zero attached hydrogens (tertiary/aromatic N) is 1. The lowest BCUT2D eigenvalue weighted by Gasteiger charge is -2.49. The number of carbonyl (C=O) groups excluding carboxylic acids is 3. The van der Waals surface area contributed by atoms with E-state index in [9.17, 15) is 34.8 Å². The van der Waals surface area contributed by atoms with E-state index in [4.69, 9.17) is 33.2 Å². The first-order chi connectivity index (χ1) is 24.8. The van der Waals surface area contributed by atoms with Gasteiger partial charge in [0.25, 0.3) is 0 Å². The summed E-state index contributed by atoms with van der Waals surface area (Å²) in [5, 5.41) is 46.5. The molecule has 0 aliphatic carbocycles. The van der Waals surface area contributed by atoms with Gasteiger partial charge >= 0.3 is 11.9 Å². The Bertz CT molecular complexity index is 1280. The van der Waals surface area contributed by atoms with Gasteiger partial charge in [-0.2, -0.15) is 0 Å². The maximum atomic E-state index is 14.2. The number of esters is 2. The van der Waals surface area contributed by atoms with Gasteiger partial charge in [0.15, 0.2) is 18.7 Å². The molecule has 15 heteroatoms. The van der Waals surface area contributed by atoms with Crippen molar-refractivity contribution in [1.29, 1.82) is 0 Å². The second-order valence-corrected chi connectivity index (χ2v) is 17.1. The van der Waals surface area contributed by atoms with Gasteiger partial charge in [-0.1, -0.05) is 27.7 Å². The first-order valence-electron chi connectivity index (χ1n) is 19.4. The second-order valence-electron chi connectivity index (χ2n) is 17.1. The molecule has 3 saturated heterocycles. The minimum absolute atomic E-state index is 0.0755. The van der Waals surface area contributed by atoms with Crippen LogP contribution in [0.25, 0.3) is 0 Å². The predicted octanol–water partition coefficient (Wildman–Crippen LogP) is 2.36. The molecule has 3 aliphatic rings. The van der Waals surface area contributed by atoms with Crippen molar-refractivity contribution in [3.63, 3.8) is 0 Å². The number of hydrogen-bond donors (Lipinski definition) is 4. The molecule has 0 aromatic rings. The highest BCUT2D eigenvalue weighted by Gasteiger charge is 2.54. The number of methoxy groups -OCH3 is 1. The van der Waals surface area contributed by atoms with Gasteiger partial charge in [-0.05, 0) is 74.9 Å². The van der Waals surface area contributed by atoms with Crippen LogP contribution in [0.2, 0.25) is 0 Å². The largest absolute Gasteiger partial charge is 0.459 e. The molecule has 3 heterocycles. The number of ketones is 1.